The van der Waals surface area contributed by atoms with Crippen LogP contribution < -0.4 is 5.32 Å². The number of amides is 1. The minimum absolute atomic E-state index is 0.227. The van der Waals surface area contributed by atoms with Crippen LogP contribution in [-0.2, 0) is 9.59 Å². The van der Waals surface area contributed by atoms with Gasteiger partial charge in [-0.05, 0) is 37.3 Å². The highest BCUT2D eigenvalue weighted by Gasteiger charge is 2.31. The summed E-state index contributed by atoms with van der Waals surface area (Å²) in [5.41, 5.74) is 2.63. The van der Waals surface area contributed by atoms with Crippen LogP contribution in [0.15, 0.2) is 24.3 Å². The van der Waals surface area contributed by atoms with E-state index >= 15 is 0 Å². The molecule has 1 aromatic carbocycles. The SMILES string of the molecule is Cc1ccccc1C1CC(C)N(CC(=O)NCC(=O)O)C1. The lowest BCUT2D eigenvalue weighted by atomic mass is 9.93. The largest absolute Gasteiger partial charge is 0.480 e. The van der Waals surface area contributed by atoms with Gasteiger partial charge in [0.1, 0.15) is 6.54 Å². The van der Waals surface area contributed by atoms with Gasteiger partial charge in [-0.15, -0.1) is 0 Å². The molecule has 114 valence electrons. The molecule has 21 heavy (non-hydrogen) atoms. The maximum atomic E-state index is 11.7. The number of benzene rings is 1. The first-order valence-electron chi connectivity index (χ1n) is 7.25. The van der Waals surface area contributed by atoms with Crippen LogP contribution in [0.1, 0.15) is 30.4 Å². The average molecular weight is 290 g/mol. The summed E-state index contributed by atoms with van der Waals surface area (Å²) in [4.78, 5) is 24.3. The van der Waals surface area contributed by atoms with Crippen molar-refractivity contribution in [3.8, 4) is 0 Å². The van der Waals surface area contributed by atoms with Crippen LogP contribution in [-0.4, -0.2) is 47.6 Å². The second kappa shape index (κ2) is 6.72. The summed E-state index contributed by atoms with van der Waals surface area (Å²) in [5, 5.41) is 11.0. The lowest BCUT2D eigenvalue weighted by Crippen LogP contribution is -2.40. The third-order valence-corrected chi connectivity index (χ3v) is 4.12. The van der Waals surface area contributed by atoms with E-state index in [4.69, 9.17) is 5.11 Å². The van der Waals surface area contributed by atoms with Crippen molar-refractivity contribution in [2.75, 3.05) is 19.6 Å². The Bertz CT molecular complexity index is 530. The monoisotopic (exact) mass is 290 g/mol. The number of carbonyl (C=O) groups excluding carboxylic acids is 1. The van der Waals surface area contributed by atoms with E-state index in [-0.39, 0.29) is 19.0 Å². The van der Waals surface area contributed by atoms with E-state index in [1.165, 1.54) is 11.1 Å². The van der Waals surface area contributed by atoms with Crippen LogP contribution in [0.3, 0.4) is 0 Å². The molecule has 0 spiro atoms. The van der Waals surface area contributed by atoms with E-state index in [1.807, 2.05) is 6.07 Å². The minimum atomic E-state index is -1.02. The van der Waals surface area contributed by atoms with Crippen molar-refractivity contribution >= 4 is 11.9 Å². The molecular weight excluding hydrogens is 268 g/mol. The predicted molar refractivity (Wildman–Crippen MR) is 80.2 cm³/mol. The van der Waals surface area contributed by atoms with Gasteiger partial charge in [-0.25, -0.2) is 0 Å². The Kier molecular flexibility index (Phi) is 4.96. The molecule has 2 rings (SSSR count). The fourth-order valence-electron chi connectivity index (χ4n) is 3.00. The van der Waals surface area contributed by atoms with Crippen molar-refractivity contribution in [2.24, 2.45) is 0 Å². The second-order valence-electron chi connectivity index (χ2n) is 5.74. The molecular formula is C16H22N2O3. The molecule has 0 bridgehead atoms. The summed E-state index contributed by atoms with van der Waals surface area (Å²) in [6.07, 6.45) is 1.02. The molecule has 5 nitrogen and oxygen atoms in total. The number of aliphatic carboxylic acids is 1. The molecule has 0 aliphatic carbocycles. The zero-order valence-corrected chi connectivity index (χ0v) is 12.5. The number of nitrogens with one attached hydrogen (secondary N) is 1. The summed E-state index contributed by atoms with van der Waals surface area (Å²) in [6, 6.07) is 8.68. The molecule has 1 saturated heterocycles. The van der Waals surface area contributed by atoms with Crippen LogP contribution >= 0.6 is 0 Å². The first-order valence-corrected chi connectivity index (χ1v) is 7.25. The first-order chi connectivity index (χ1) is 9.97. The van der Waals surface area contributed by atoms with Gasteiger partial charge in [-0.2, -0.15) is 0 Å². The maximum absolute atomic E-state index is 11.7. The maximum Gasteiger partial charge on any atom is 0.322 e. The van der Waals surface area contributed by atoms with E-state index in [2.05, 4.69) is 42.3 Å². The molecule has 1 heterocycles. The van der Waals surface area contributed by atoms with Crippen molar-refractivity contribution in [3.05, 3.63) is 35.4 Å². The molecule has 1 aromatic rings. The van der Waals surface area contributed by atoms with Gasteiger partial charge in [0.15, 0.2) is 0 Å². The highest BCUT2D eigenvalue weighted by atomic mass is 16.4. The summed E-state index contributed by atoms with van der Waals surface area (Å²) in [5.74, 6) is -0.807. The van der Waals surface area contributed by atoms with Crippen LogP contribution in [0, 0.1) is 6.92 Å². The van der Waals surface area contributed by atoms with E-state index < -0.39 is 5.97 Å². The van der Waals surface area contributed by atoms with Crippen molar-refractivity contribution in [1.29, 1.82) is 0 Å². The summed E-state index contributed by atoms with van der Waals surface area (Å²) in [7, 11) is 0. The van der Waals surface area contributed by atoms with Crippen molar-refractivity contribution in [2.45, 2.75) is 32.2 Å². The number of carboxylic acid groups (broad SMARTS) is 1. The van der Waals surface area contributed by atoms with Gasteiger partial charge < -0.3 is 10.4 Å². The zero-order chi connectivity index (χ0) is 15.4. The average Bonchev–Trinajstić information content (AvgIpc) is 2.78. The third kappa shape index (κ3) is 4.04. The van der Waals surface area contributed by atoms with Crippen molar-refractivity contribution in [3.63, 3.8) is 0 Å². The van der Waals surface area contributed by atoms with Gasteiger partial charge >= 0.3 is 5.97 Å². The number of nitrogens with zero attached hydrogens (tertiary/aromatic N) is 1. The highest BCUT2D eigenvalue weighted by molar-refractivity contribution is 5.82. The molecule has 2 N–H and O–H groups in total. The fourth-order valence-corrected chi connectivity index (χ4v) is 3.00. The predicted octanol–water partition coefficient (Wildman–Crippen LogP) is 1.37. The van der Waals surface area contributed by atoms with E-state index in [0.29, 0.717) is 12.0 Å². The van der Waals surface area contributed by atoms with Crippen LogP contribution in [0.2, 0.25) is 0 Å². The molecule has 2 atom stereocenters. The molecule has 0 saturated carbocycles. The van der Waals surface area contributed by atoms with Gasteiger partial charge in [0.2, 0.25) is 5.91 Å². The Morgan fingerprint density at radius 3 is 2.76 bits per heavy atom. The van der Waals surface area contributed by atoms with Crippen LogP contribution in [0.5, 0.6) is 0 Å². The lowest BCUT2D eigenvalue weighted by molar-refractivity contribution is -0.138. The molecule has 2 unspecified atom stereocenters. The number of carbonyl (C=O) groups is 2. The Morgan fingerprint density at radius 2 is 2.10 bits per heavy atom. The van der Waals surface area contributed by atoms with Gasteiger partial charge in [-0.3, -0.25) is 14.5 Å². The first kappa shape index (κ1) is 15.5. The molecule has 1 aliphatic rings. The van der Waals surface area contributed by atoms with E-state index in [1.54, 1.807) is 0 Å². The van der Waals surface area contributed by atoms with Gasteiger partial charge in [-0.1, -0.05) is 24.3 Å². The quantitative estimate of drug-likeness (QED) is 0.859. The summed E-state index contributed by atoms with van der Waals surface area (Å²) >= 11 is 0. The molecule has 1 aliphatic heterocycles. The summed E-state index contributed by atoms with van der Waals surface area (Å²) in [6.45, 7) is 5.01. The smallest absolute Gasteiger partial charge is 0.322 e. The number of carboxylic acids is 1. The van der Waals surface area contributed by atoms with Crippen molar-refractivity contribution in [1.82, 2.24) is 10.2 Å². The molecule has 1 amide bonds. The van der Waals surface area contributed by atoms with Gasteiger partial charge in [0.05, 0.1) is 6.54 Å². The molecule has 0 radical (unpaired) electrons. The van der Waals surface area contributed by atoms with Gasteiger partial charge in [0, 0.05) is 12.6 Å². The Morgan fingerprint density at radius 1 is 1.38 bits per heavy atom. The minimum Gasteiger partial charge on any atom is -0.480 e. The second-order valence-corrected chi connectivity index (χ2v) is 5.74. The lowest BCUT2D eigenvalue weighted by Gasteiger charge is -2.20. The molecule has 5 heteroatoms. The van der Waals surface area contributed by atoms with Crippen LogP contribution in [0.4, 0.5) is 0 Å². The number of likely N-dealkylation sites (tertiary alicyclic amines) is 1. The zero-order valence-electron chi connectivity index (χ0n) is 12.5. The van der Waals surface area contributed by atoms with Crippen molar-refractivity contribution < 1.29 is 14.7 Å². The standard InChI is InChI=1S/C16H22N2O3/c1-11-5-3-4-6-14(11)13-7-12(2)18(9-13)10-15(19)17-8-16(20)21/h3-6,12-13H,7-10H2,1-2H3,(H,17,19)(H,20,21). The number of aryl methyl sites for hydroxylation is 1. The van der Waals surface area contributed by atoms with E-state index in [9.17, 15) is 9.59 Å². The topological polar surface area (TPSA) is 69.6 Å². The Hall–Kier alpha value is -1.88. The Labute approximate surface area is 125 Å². The fraction of sp³-hybridized carbons (Fsp3) is 0.500. The number of rotatable bonds is 5. The number of hydrogen-bond acceptors (Lipinski definition) is 3. The molecule has 1 fully saturated rings. The summed E-state index contributed by atoms with van der Waals surface area (Å²) < 4.78 is 0. The van der Waals surface area contributed by atoms with E-state index in [0.717, 1.165) is 13.0 Å². The number of hydrogen-bond donors (Lipinski definition) is 2. The normalized spacial score (nSPS) is 22.2. The Balaban J connectivity index is 1.94. The third-order valence-electron chi connectivity index (χ3n) is 4.12. The van der Waals surface area contributed by atoms with Crippen LogP contribution in [0.25, 0.3) is 0 Å². The van der Waals surface area contributed by atoms with Gasteiger partial charge in [0.25, 0.3) is 0 Å². The highest BCUT2D eigenvalue weighted by Crippen LogP contribution is 2.32. The molecule has 0 aromatic heterocycles.